The number of hydrogen-bond donors (Lipinski definition) is 0. The minimum absolute atomic E-state index is 0.292. The first-order chi connectivity index (χ1) is 11.8. The molecule has 1 fully saturated rings. The highest BCUT2D eigenvalue weighted by Crippen LogP contribution is 2.28. The Hall–Kier alpha value is -1.42. The molecule has 0 saturated carbocycles. The van der Waals surface area contributed by atoms with Gasteiger partial charge < -0.3 is 9.47 Å². The number of aromatic nitrogens is 1. The maximum Gasteiger partial charge on any atom is 0.185 e. The molecule has 0 radical (unpaired) electrons. The summed E-state index contributed by atoms with van der Waals surface area (Å²) in [6.45, 7) is 3.77. The van der Waals surface area contributed by atoms with Crippen LogP contribution in [0, 0.1) is 5.92 Å². The van der Waals surface area contributed by atoms with Gasteiger partial charge in [0.25, 0.3) is 0 Å². The van der Waals surface area contributed by atoms with Crippen molar-refractivity contribution in [2.45, 2.75) is 38.9 Å². The van der Waals surface area contributed by atoms with Crippen molar-refractivity contribution >= 4 is 11.6 Å². The Morgan fingerprint density at radius 2 is 1.79 bits per heavy atom. The van der Waals surface area contributed by atoms with Gasteiger partial charge in [-0.3, -0.25) is 4.98 Å². The summed E-state index contributed by atoms with van der Waals surface area (Å²) < 4.78 is 11.8. The highest BCUT2D eigenvalue weighted by molar-refractivity contribution is 6.30. The molecule has 1 aliphatic heterocycles. The van der Waals surface area contributed by atoms with Gasteiger partial charge in [0.15, 0.2) is 6.29 Å². The van der Waals surface area contributed by atoms with Crippen LogP contribution in [0.5, 0.6) is 0 Å². The number of hydrogen-bond acceptors (Lipinski definition) is 3. The van der Waals surface area contributed by atoms with Crippen LogP contribution in [0.2, 0.25) is 5.02 Å². The topological polar surface area (TPSA) is 31.4 Å². The fourth-order valence-electron chi connectivity index (χ4n) is 2.92. The van der Waals surface area contributed by atoms with E-state index in [9.17, 15) is 0 Å². The molecule has 1 aromatic heterocycles. The molecule has 1 aromatic carbocycles. The molecule has 0 atom stereocenters. The van der Waals surface area contributed by atoms with E-state index in [0.717, 1.165) is 35.1 Å². The van der Waals surface area contributed by atoms with Gasteiger partial charge >= 0.3 is 0 Å². The van der Waals surface area contributed by atoms with Crippen LogP contribution in [0.3, 0.4) is 0 Å². The van der Waals surface area contributed by atoms with Gasteiger partial charge in [0, 0.05) is 28.3 Å². The van der Waals surface area contributed by atoms with Gasteiger partial charge in [-0.2, -0.15) is 0 Å². The van der Waals surface area contributed by atoms with Crippen molar-refractivity contribution in [3.8, 4) is 11.3 Å². The predicted octanol–water partition coefficient (Wildman–Crippen LogP) is 5.64. The third-order valence-corrected chi connectivity index (χ3v) is 4.63. The van der Waals surface area contributed by atoms with E-state index in [0.29, 0.717) is 5.92 Å². The van der Waals surface area contributed by atoms with Crippen molar-refractivity contribution in [2.24, 2.45) is 5.92 Å². The maximum atomic E-state index is 5.92. The quantitative estimate of drug-likeness (QED) is 0.634. The standard InChI is InChI=1S/C20H24ClNO2/c1-2-3-4-5-15-13-23-20(24-14-15)17-8-11-19(22-12-17)16-6-9-18(21)10-7-16/h6-12,15,20H,2-5,13-14H2,1H3/t15-,20-. The lowest BCUT2D eigenvalue weighted by Gasteiger charge is -2.29. The Kier molecular flexibility index (Phi) is 6.24. The van der Waals surface area contributed by atoms with Crippen LogP contribution in [0.25, 0.3) is 11.3 Å². The lowest BCUT2D eigenvalue weighted by Crippen LogP contribution is -2.27. The summed E-state index contributed by atoms with van der Waals surface area (Å²) >= 11 is 5.92. The molecule has 0 aliphatic carbocycles. The summed E-state index contributed by atoms with van der Waals surface area (Å²) in [5.41, 5.74) is 2.94. The molecule has 0 unspecified atom stereocenters. The van der Waals surface area contributed by atoms with Gasteiger partial charge in [-0.15, -0.1) is 0 Å². The average Bonchev–Trinajstić information content (AvgIpc) is 2.63. The van der Waals surface area contributed by atoms with Crippen LogP contribution in [0.4, 0.5) is 0 Å². The highest BCUT2D eigenvalue weighted by atomic mass is 35.5. The Labute approximate surface area is 149 Å². The number of benzene rings is 1. The van der Waals surface area contributed by atoms with E-state index < -0.39 is 0 Å². The van der Waals surface area contributed by atoms with E-state index in [4.69, 9.17) is 21.1 Å². The largest absolute Gasteiger partial charge is 0.348 e. The second-order valence-electron chi connectivity index (χ2n) is 6.34. The lowest BCUT2D eigenvalue weighted by molar-refractivity contribution is -0.206. The zero-order valence-corrected chi connectivity index (χ0v) is 14.8. The second-order valence-corrected chi connectivity index (χ2v) is 6.78. The molecule has 2 aromatic rings. The van der Waals surface area contributed by atoms with Crippen molar-refractivity contribution in [3.05, 3.63) is 53.2 Å². The molecule has 128 valence electrons. The van der Waals surface area contributed by atoms with Gasteiger partial charge in [-0.25, -0.2) is 0 Å². The Bertz CT molecular complexity index is 619. The van der Waals surface area contributed by atoms with Crippen LogP contribution in [-0.2, 0) is 9.47 Å². The van der Waals surface area contributed by atoms with Crippen LogP contribution in [0.1, 0.15) is 44.5 Å². The molecule has 0 N–H and O–H groups in total. The zero-order chi connectivity index (χ0) is 16.8. The summed E-state index contributed by atoms with van der Waals surface area (Å²) in [6.07, 6.45) is 6.54. The van der Waals surface area contributed by atoms with Crippen molar-refractivity contribution in [3.63, 3.8) is 0 Å². The maximum absolute atomic E-state index is 5.92. The Balaban J connectivity index is 1.56. The van der Waals surface area contributed by atoms with E-state index >= 15 is 0 Å². The summed E-state index contributed by atoms with van der Waals surface area (Å²) in [4.78, 5) is 4.53. The predicted molar refractivity (Wildman–Crippen MR) is 97.0 cm³/mol. The number of pyridine rings is 1. The van der Waals surface area contributed by atoms with E-state index in [1.807, 2.05) is 42.6 Å². The third kappa shape index (κ3) is 4.56. The van der Waals surface area contributed by atoms with E-state index in [2.05, 4.69) is 11.9 Å². The molecule has 24 heavy (non-hydrogen) atoms. The summed E-state index contributed by atoms with van der Waals surface area (Å²) in [6, 6.07) is 11.7. The minimum Gasteiger partial charge on any atom is -0.348 e. The Morgan fingerprint density at radius 3 is 2.42 bits per heavy atom. The van der Waals surface area contributed by atoms with E-state index in [-0.39, 0.29) is 6.29 Å². The first kappa shape index (κ1) is 17.4. The van der Waals surface area contributed by atoms with Crippen LogP contribution >= 0.6 is 11.6 Å². The molecular formula is C20H24ClNO2. The van der Waals surface area contributed by atoms with Crippen molar-refractivity contribution in [1.29, 1.82) is 0 Å². The molecule has 1 saturated heterocycles. The van der Waals surface area contributed by atoms with Crippen LogP contribution in [0.15, 0.2) is 42.6 Å². The molecule has 3 nitrogen and oxygen atoms in total. The first-order valence-electron chi connectivity index (χ1n) is 8.71. The molecule has 0 amide bonds. The average molecular weight is 346 g/mol. The van der Waals surface area contributed by atoms with Crippen LogP contribution in [-0.4, -0.2) is 18.2 Å². The zero-order valence-electron chi connectivity index (χ0n) is 14.1. The van der Waals surface area contributed by atoms with Crippen molar-refractivity contribution < 1.29 is 9.47 Å². The minimum atomic E-state index is -0.292. The third-order valence-electron chi connectivity index (χ3n) is 4.38. The number of ether oxygens (including phenoxy) is 2. The van der Waals surface area contributed by atoms with E-state index in [1.165, 1.54) is 25.7 Å². The van der Waals surface area contributed by atoms with Crippen molar-refractivity contribution in [1.82, 2.24) is 4.98 Å². The molecule has 4 heteroatoms. The van der Waals surface area contributed by atoms with Crippen LogP contribution < -0.4 is 0 Å². The van der Waals surface area contributed by atoms with Gasteiger partial charge in [-0.1, -0.05) is 56.0 Å². The normalized spacial score (nSPS) is 20.9. The fourth-order valence-corrected chi connectivity index (χ4v) is 3.05. The van der Waals surface area contributed by atoms with Crippen molar-refractivity contribution in [2.75, 3.05) is 13.2 Å². The monoisotopic (exact) mass is 345 g/mol. The molecule has 3 rings (SSSR count). The summed E-state index contributed by atoms with van der Waals surface area (Å²) in [5.74, 6) is 0.522. The van der Waals surface area contributed by atoms with Gasteiger partial charge in [0.2, 0.25) is 0 Å². The van der Waals surface area contributed by atoms with E-state index in [1.54, 1.807) is 0 Å². The molecule has 0 bridgehead atoms. The molecular weight excluding hydrogens is 322 g/mol. The molecule has 1 aliphatic rings. The van der Waals surface area contributed by atoms with Gasteiger partial charge in [0.05, 0.1) is 18.9 Å². The Morgan fingerprint density at radius 1 is 1.04 bits per heavy atom. The summed E-state index contributed by atoms with van der Waals surface area (Å²) in [7, 11) is 0. The first-order valence-corrected chi connectivity index (χ1v) is 9.09. The number of rotatable bonds is 6. The fraction of sp³-hybridized carbons (Fsp3) is 0.450. The number of unbranched alkanes of at least 4 members (excludes halogenated alkanes) is 2. The smallest absolute Gasteiger partial charge is 0.185 e. The number of halogens is 1. The van der Waals surface area contributed by atoms with Gasteiger partial charge in [0.1, 0.15) is 0 Å². The number of nitrogens with zero attached hydrogens (tertiary/aromatic N) is 1. The SMILES string of the molecule is CCCCC[C@H]1CO[C@H](c2ccc(-c3ccc(Cl)cc3)nc2)OC1. The van der Waals surface area contributed by atoms with Gasteiger partial charge in [-0.05, 0) is 24.6 Å². The lowest BCUT2D eigenvalue weighted by atomic mass is 10.0. The summed E-state index contributed by atoms with van der Waals surface area (Å²) in [5, 5.41) is 0.730. The molecule has 2 heterocycles. The molecule has 0 spiro atoms. The highest BCUT2D eigenvalue weighted by Gasteiger charge is 2.23. The second kappa shape index (κ2) is 8.61.